The maximum atomic E-state index is 12.7. The topological polar surface area (TPSA) is 71.3 Å². The van der Waals surface area contributed by atoms with E-state index in [4.69, 9.17) is 14.5 Å². The molecule has 0 spiro atoms. The lowest BCUT2D eigenvalue weighted by molar-refractivity contribution is 0.0397. The molecular weight excluding hydrogens is 426 g/mol. The minimum Gasteiger partial charge on any atom is -0.507 e. The Bertz CT molecular complexity index is 1040. The number of rotatable bonds is 11. The second-order valence-electron chi connectivity index (χ2n) is 8.61. The van der Waals surface area contributed by atoms with Crippen molar-refractivity contribution in [3.05, 3.63) is 89.5 Å². The summed E-state index contributed by atoms with van der Waals surface area (Å²) in [4.78, 5) is 4.88. The Kier molecular flexibility index (Phi) is 8.72. The van der Waals surface area contributed by atoms with Gasteiger partial charge in [0.05, 0.1) is 19.3 Å². The van der Waals surface area contributed by atoms with Crippen molar-refractivity contribution in [2.75, 3.05) is 13.2 Å². The highest BCUT2D eigenvalue weighted by Crippen LogP contribution is 2.45. The molecule has 0 saturated heterocycles. The molecule has 0 aliphatic heterocycles. The van der Waals surface area contributed by atoms with Gasteiger partial charge in [0.15, 0.2) is 0 Å². The van der Waals surface area contributed by atoms with E-state index in [1.165, 1.54) is 0 Å². The second-order valence-corrected chi connectivity index (χ2v) is 8.61. The summed E-state index contributed by atoms with van der Waals surface area (Å²) in [6, 6.07) is 21.5. The predicted octanol–water partition coefficient (Wildman–Crippen LogP) is 5.96. The van der Waals surface area contributed by atoms with Crippen LogP contribution in [0.1, 0.15) is 50.8 Å². The van der Waals surface area contributed by atoms with E-state index in [0.717, 1.165) is 0 Å². The van der Waals surface area contributed by atoms with Crippen LogP contribution in [0.15, 0.2) is 77.8 Å². The zero-order chi connectivity index (χ0) is 24.6. The van der Waals surface area contributed by atoms with Gasteiger partial charge < -0.3 is 19.7 Å². The molecule has 0 radical (unpaired) electrons. The smallest absolute Gasteiger partial charge is 0.144 e. The Hall–Kier alpha value is -3.31. The van der Waals surface area contributed by atoms with Gasteiger partial charge >= 0.3 is 0 Å². The molecule has 180 valence electrons. The summed E-state index contributed by atoms with van der Waals surface area (Å²) in [6.07, 6.45) is 2.24. The van der Waals surface area contributed by atoms with Crippen LogP contribution in [0.25, 0.3) is 0 Å². The molecule has 5 heteroatoms. The van der Waals surface area contributed by atoms with Crippen molar-refractivity contribution in [2.45, 2.75) is 45.8 Å². The first-order chi connectivity index (χ1) is 16.4. The largest absolute Gasteiger partial charge is 0.507 e. The van der Waals surface area contributed by atoms with Crippen molar-refractivity contribution in [1.29, 1.82) is 0 Å². The number of aromatic hydroxyl groups is 1. The van der Waals surface area contributed by atoms with Gasteiger partial charge in [-0.25, -0.2) is 0 Å². The number of hydrogen-bond acceptors (Lipinski definition) is 5. The van der Waals surface area contributed by atoms with E-state index >= 15 is 0 Å². The van der Waals surface area contributed by atoms with Crippen LogP contribution >= 0.6 is 0 Å². The number of benzene rings is 3. The van der Waals surface area contributed by atoms with Gasteiger partial charge in [0.2, 0.25) is 0 Å². The summed E-state index contributed by atoms with van der Waals surface area (Å²) in [7, 11) is 0. The first kappa shape index (κ1) is 25.3. The van der Waals surface area contributed by atoms with Crippen LogP contribution in [0.2, 0.25) is 0 Å². The van der Waals surface area contributed by atoms with Crippen LogP contribution in [0.4, 0.5) is 0 Å². The Morgan fingerprint density at radius 3 is 1.82 bits per heavy atom. The van der Waals surface area contributed by atoms with Gasteiger partial charge in [-0.3, -0.25) is 4.99 Å². The molecule has 3 aromatic rings. The molecular formula is C29H35NO4. The molecule has 0 bridgehead atoms. The number of phenolic OH excluding ortho intramolecular Hbond substituents is 1. The van der Waals surface area contributed by atoms with E-state index in [-0.39, 0.29) is 11.7 Å². The van der Waals surface area contributed by atoms with Crippen LogP contribution in [0, 0.1) is 5.92 Å². The fourth-order valence-electron chi connectivity index (χ4n) is 4.18. The Balaban J connectivity index is 2.27. The number of nitrogens with zero attached hydrogens (tertiary/aromatic N) is 1. The maximum Gasteiger partial charge on any atom is 0.144 e. The third-order valence-electron chi connectivity index (χ3n) is 5.70. The summed E-state index contributed by atoms with van der Waals surface area (Å²) in [6.45, 7) is 8.99. The van der Waals surface area contributed by atoms with Gasteiger partial charge in [0, 0.05) is 22.9 Å². The Labute approximate surface area is 202 Å². The van der Waals surface area contributed by atoms with Crippen LogP contribution in [0.3, 0.4) is 0 Å². The lowest BCUT2D eigenvalue weighted by Crippen LogP contribution is -2.41. The number of para-hydroxylation sites is 3. The SMILES string of the molecule is CCOc1ccccc1C(O)(c1ccccc1OCC)C(CC(C)C)N=Cc1ccccc1O. The van der Waals surface area contributed by atoms with E-state index in [2.05, 4.69) is 13.8 Å². The van der Waals surface area contributed by atoms with E-state index in [9.17, 15) is 10.2 Å². The molecule has 0 amide bonds. The van der Waals surface area contributed by atoms with E-state index < -0.39 is 11.6 Å². The molecule has 0 aromatic heterocycles. The van der Waals surface area contributed by atoms with Crippen molar-refractivity contribution in [1.82, 2.24) is 0 Å². The molecule has 1 unspecified atom stereocenters. The highest BCUT2D eigenvalue weighted by molar-refractivity contribution is 5.83. The molecule has 1 atom stereocenters. The van der Waals surface area contributed by atoms with Crippen molar-refractivity contribution in [3.63, 3.8) is 0 Å². The second kappa shape index (κ2) is 11.7. The molecule has 3 rings (SSSR count). The fraction of sp³-hybridized carbons (Fsp3) is 0.345. The van der Waals surface area contributed by atoms with Gasteiger partial charge in [0.1, 0.15) is 22.8 Å². The van der Waals surface area contributed by atoms with Crippen LogP contribution < -0.4 is 9.47 Å². The van der Waals surface area contributed by atoms with Crippen molar-refractivity contribution < 1.29 is 19.7 Å². The van der Waals surface area contributed by atoms with Crippen molar-refractivity contribution in [2.24, 2.45) is 10.9 Å². The normalized spacial score (nSPS) is 12.8. The molecule has 5 nitrogen and oxygen atoms in total. The van der Waals surface area contributed by atoms with Gasteiger partial charge in [-0.2, -0.15) is 0 Å². The lowest BCUT2D eigenvalue weighted by atomic mass is 9.76. The van der Waals surface area contributed by atoms with E-state index in [1.807, 2.05) is 68.4 Å². The quantitative estimate of drug-likeness (QED) is 0.346. The third kappa shape index (κ3) is 5.60. The average Bonchev–Trinajstić information content (AvgIpc) is 2.83. The molecule has 0 saturated carbocycles. The number of phenols is 1. The minimum atomic E-state index is -1.54. The molecule has 0 aliphatic rings. The van der Waals surface area contributed by atoms with Gasteiger partial charge in [-0.1, -0.05) is 62.4 Å². The summed E-state index contributed by atoms with van der Waals surface area (Å²) < 4.78 is 11.9. The van der Waals surface area contributed by atoms with Gasteiger partial charge in [-0.15, -0.1) is 0 Å². The zero-order valence-corrected chi connectivity index (χ0v) is 20.4. The highest BCUT2D eigenvalue weighted by Gasteiger charge is 2.44. The molecule has 0 fully saturated rings. The number of ether oxygens (including phenoxy) is 2. The summed E-state index contributed by atoms with van der Waals surface area (Å²) in [5.74, 6) is 1.59. The first-order valence-corrected chi connectivity index (χ1v) is 11.9. The lowest BCUT2D eigenvalue weighted by Gasteiger charge is -2.37. The van der Waals surface area contributed by atoms with Crippen LogP contribution in [0.5, 0.6) is 17.2 Å². The Morgan fingerprint density at radius 2 is 1.32 bits per heavy atom. The average molecular weight is 462 g/mol. The number of aliphatic hydroxyl groups is 1. The first-order valence-electron chi connectivity index (χ1n) is 11.9. The van der Waals surface area contributed by atoms with Crippen molar-refractivity contribution in [3.8, 4) is 17.2 Å². The number of hydrogen-bond donors (Lipinski definition) is 2. The third-order valence-corrected chi connectivity index (χ3v) is 5.70. The molecule has 2 N–H and O–H groups in total. The summed E-state index contributed by atoms with van der Waals surface area (Å²) >= 11 is 0. The van der Waals surface area contributed by atoms with Gasteiger partial charge in [0.25, 0.3) is 0 Å². The summed E-state index contributed by atoms with van der Waals surface area (Å²) in [5.41, 5.74) is 0.311. The highest BCUT2D eigenvalue weighted by atomic mass is 16.5. The fourth-order valence-corrected chi connectivity index (χ4v) is 4.18. The van der Waals surface area contributed by atoms with E-state index in [1.54, 1.807) is 24.4 Å². The monoisotopic (exact) mass is 461 g/mol. The maximum absolute atomic E-state index is 12.7. The van der Waals surface area contributed by atoms with Gasteiger partial charge in [-0.05, 0) is 50.5 Å². The summed E-state index contributed by atoms with van der Waals surface area (Å²) in [5, 5.41) is 23.0. The number of aliphatic imine (C=N–C) groups is 1. The van der Waals surface area contributed by atoms with Crippen molar-refractivity contribution >= 4 is 6.21 Å². The predicted molar refractivity (Wildman–Crippen MR) is 137 cm³/mol. The van der Waals surface area contributed by atoms with Crippen LogP contribution in [-0.2, 0) is 5.60 Å². The van der Waals surface area contributed by atoms with E-state index in [0.29, 0.717) is 47.8 Å². The molecule has 34 heavy (non-hydrogen) atoms. The molecule has 0 aliphatic carbocycles. The molecule has 3 aromatic carbocycles. The molecule has 0 heterocycles. The standard InChI is InChI=1S/C29H35NO4/c1-5-33-26-17-11-8-14-23(26)29(32,24-15-9-12-18-27(24)34-6-2)28(19-21(3)4)30-20-22-13-7-10-16-25(22)31/h7-18,20-21,28,31-32H,5-6,19H2,1-4H3. The van der Waals surface area contributed by atoms with Crippen LogP contribution in [-0.4, -0.2) is 35.7 Å². The Morgan fingerprint density at radius 1 is 0.824 bits per heavy atom. The minimum absolute atomic E-state index is 0.141. The zero-order valence-electron chi connectivity index (χ0n) is 20.4.